The highest BCUT2D eigenvalue weighted by atomic mass is 14.1. The Balaban J connectivity index is 3.77. The van der Waals surface area contributed by atoms with Gasteiger partial charge in [0, 0.05) is 12.8 Å². The molecule has 0 fully saturated rings. The summed E-state index contributed by atoms with van der Waals surface area (Å²) in [4.78, 5) is 0. The summed E-state index contributed by atoms with van der Waals surface area (Å²) >= 11 is 0. The highest BCUT2D eigenvalue weighted by molar-refractivity contribution is 5.03. The molecular formula is C12H22. The smallest absolute Gasteiger partial charge is 0.0137 e. The topological polar surface area (TPSA) is 0 Å². The Bertz CT molecular complexity index is 155. The van der Waals surface area contributed by atoms with Gasteiger partial charge in [-0.3, -0.25) is 0 Å². The Labute approximate surface area is 77.8 Å². The lowest BCUT2D eigenvalue weighted by molar-refractivity contribution is 0.420. The van der Waals surface area contributed by atoms with Crippen molar-refractivity contribution in [1.82, 2.24) is 0 Å². The van der Waals surface area contributed by atoms with E-state index >= 15 is 0 Å². The summed E-state index contributed by atoms with van der Waals surface area (Å²) in [7, 11) is 0. The van der Waals surface area contributed by atoms with Crippen LogP contribution in [0.5, 0.6) is 0 Å². The summed E-state index contributed by atoms with van der Waals surface area (Å²) in [6.07, 6.45) is 2.01. The lowest BCUT2D eigenvalue weighted by Crippen LogP contribution is -2.04. The van der Waals surface area contributed by atoms with Crippen LogP contribution in [0.1, 0.15) is 54.4 Å². The second-order valence-electron chi connectivity index (χ2n) is 5.83. The summed E-state index contributed by atoms with van der Waals surface area (Å²) in [5.41, 5.74) is 0.704. The minimum absolute atomic E-state index is 0.352. The highest BCUT2D eigenvalue weighted by Gasteiger charge is 2.08. The number of hydrogen-bond acceptors (Lipinski definition) is 0. The summed E-state index contributed by atoms with van der Waals surface area (Å²) in [6.45, 7) is 13.3. The molecule has 0 aromatic rings. The minimum atomic E-state index is 0.352. The van der Waals surface area contributed by atoms with E-state index in [-0.39, 0.29) is 0 Å². The van der Waals surface area contributed by atoms with Crippen molar-refractivity contribution in [2.24, 2.45) is 10.8 Å². The van der Waals surface area contributed by atoms with Gasteiger partial charge in [0.05, 0.1) is 0 Å². The van der Waals surface area contributed by atoms with E-state index in [1.807, 2.05) is 0 Å². The van der Waals surface area contributed by atoms with E-state index < -0.39 is 0 Å². The monoisotopic (exact) mass is 166 g/mol. The van der Waals surface area contributed by atoms with Crippen LogP contribution in [0.3, 0.4) is 0 Å². The zero-order valence-corrected chi connectivity index (χ0v) is 9.41. The fraction of sp³-hybridized carbons (Fsp3) is 0.833. The lowest BCUT2D eigenvalue weighted by atomic mass is 9.90. The first-order valence-corrected chi connectivity index (χ1v) is 4.66. The molecule has 0 aliphatic carbocycles. The van der Waals surface area contributed by atoms with Gasteiger partial charge in [-0.25, -0.2) is 0 Å². The second kappa shape index (κ2) is 3.99. The molecule has 0 unspecified atom stereocenters. The van der Waals surface area contributed by atoms with Crippen molar-refractivity contribution < 1.29 is 0 Å². The van der Waals surface area contributed by atoms with Crippen LogP contribution in [-0.2, 0) is 0 Å². The standard InChI is InChI=1S/C12H22/c1-11(2,3)9-7-8-10-12(4,5)6/h9-10H2,1-6H3. The third kappa shape index (κ3) is 9.56. The van der Waals surface area contributed by atoms with Crippen LogP contribution in [0.15, 0.2) is 0 Å². The quantitative estimate of drug-likeness (QED) is 0.479. The Kier molecular flexibility index (Phi) is 3.84. The molecule has 12 heavy (non-hydrogen) atoms. The van der Waals surface area contributed by atoms with Crippen molar-refractivity contribution in [2.45, 2.75) is 54.4 Å². The molecule has 70 valence electrons. The maximum Gasteiger partial charge on any atom is 0.0137 e. The number of rotatable bonds is 0. The normalized spacial score (nSPS) is 12.2. The SMILES string of the molecule is CC(C)(C)CC#CCC(C)(C)C. The predicted octanol–water partition coefficient (Wildman–Crippen LogP) is 3.86. The average molecular weight is 166 g/mol. The third-order valence-corrected chi connectivity index (χ3v) is 1.36. The van der Waals surface area contributed by atoms with Crippen LogP contribution in [0.4, 0.5) is 0 Å². The van der Waals surface area contributed by atoms with E-state index in [9.17, 15) is 0 Å². The predicted molar refractivity (Wildman–Crippen MR) is 55.9 cm³/mol. The van der Waals surface area contributed by atoms with E-state index in [0.717, 1.165) is 12.8 Å². The molecular weight excluding hydrogens is 144 g/mol. The molecule has 0 rings (SSSR count). The second-order valence-corrected chi connectivity index (χ2v) is 5.83. The molecule has 0 heteroatoms. The maximum absolute atomic E-state index is 3.23. The highest BCUT2D eigenvalue weighted by Crippen LogP contribution is 2.19. The summed E-state index contributed by atoms with van der Waals surface area (Å²) in [5, 5.41) is 0. The molecule has 0 radical (unpaired) electrons. The van der Waals surface area contributed by atoms with Crippen LogP contribution in [0, 0.1) is 22.7 Å². The molecule has 0 aliphatic heterocycles. The van der Waals surface area contributed by atoms with Crippen LogP contribution >= 0.6 is 0 Å². The van der Waals surface area contributed by atoms with Crippen molar-refractivity contribution in [3.8, 4) is 11.8 Å². The first-order chi connectivity index (χ1) is 5.21. The molecule has 0 amide bonds. The van der Waals surface area contributed by atoms with Gasteiger partial charge in [-0.05, 0) is 10.8 Å². The van der Waals surface area contributed by atoms with Gasteiger partial charge in [-0.1, -0.05) is 41.5 Å². The Morgan fingerprint density at radius 2 is 0.917 bits per heavy atom. The van der Waals surface area contributed by atoms with Crippen molar-refractivity contribution in [1.29, 1.82) is 0 Å². The molecule has 0 heterocycles. The van der Waals surface area contributed by atoms with Crippen molar-refractivity contribution in [3.05, 3.63) is 0 Å². The van der Waals surface area contributed by atoms with Gasteiger partial charge in [0.25, 0.3) is 0 Å². The van der Waals surface area contributed by atoms with Crippen LogP contribution in [0.25, 0.3) is 0 Å². The molecule has 0 atom stereocenters. The largest absolute Gasteiger partial charge is 0.103 e. The minimum Gasteiger partial charge on any atom is -0.103 e. The summed E-state index contributed by atoms with van der Waals surface area (Å²) < 4.78 is 0. The van der Waals surface area contributed by atoms with Gasteiger partial charge in [0.1, 0.15) is 0 Å². The van der Waals surface area contributed by atoms with Gasteiger partial charge in [0.15, 0.2) is 0 Å². The Morgan fingerprint density at radius 1 is 0.667 bits per heavy atom. The van der Waals surface area contributed by atoms with Crippen LogP contribution in [-0.4, -0.2) is 0 Å². The first-order valence-electron chi connectivity index (χ1n) is 4.66. The zero-order chi connectivity index (χ0) is 9.83. The molecule has 0 aromatic carbocycles. The Morgan fingerprint density at radius 3 is 1.08 bits per heavy atom. The van der Waals surface area contributed by atoms with E-state index in [1.54, 1.807) is 0 Å². The maximum atomic E-state index is 3.23. The van der Waals surface area contributed by atoms with E-state index in [4.69, 9.17) is 0 Å². The summed E-state index contributed by atoms with van der Waals surface area (Å²) in [5.74, 6) is 6.46. The summed E-state index contributed by atoms with van der Waals surface area (Å²) in [6, 6.07) is 0. The van der Waals surface area contributed by atoms with Gasteiger partial charge in [0.2, 0.25) is 0 Å². The Hall–Kier alpha value is -0.440. The molecule has 0 spiro atoms. The van der Waals surface area contributed by atoms with Crippen LogP contribution in [0.2, 0.25) is 0 Å². The van der Waals surface area contributed by atoms with Gasteiger partial charge >= 0.3 is 0 Å². The molecule has 0 aliphatic rings. The van der Waals surface area contributed by atoms with E-state index in [2.05, 4.69) is 53.4 Å². The van der Waals surface area contributed by atoms with Gasteiger partial charge in [-0.2, -0.15) is 0 Å². The lowest BCUT2D eigenvalue weighted by Gasteiger charge is -2.14. The third-order valence-electron chi connectivity index (χ3n) is 1.36. The molecule has 0 bridgehead atoms. The van der Waals surface area contributed by atoms with Gasteiger partial charge < -0.3 is 0 Å². The van der Waals surface area contributed by atoms with Crippen LogP contribution < -0.4 is 0 Å². The average Bonchev–Trinajstić information content (AvgIpc) is 1.76. The van der Waals surface area contributed by atoms with Gasteiger partial charge in [-0.15, -0.1) is 11.8 Å². The molecule has 0 nitrogen and oxygen atoms in total. The molecule has 0 saturated heterocycles. The molecule has 0 saturated carbocycles. The fourth-order valence-corrected chi connectivity index (χ4v) is 0.655. The van der Waals surface area contributed by atoms with E-state index in [0.29, 0.717) is 10.8 Å². The fourth-order valence-electron chi connectivity index (χ4n) is 0.655. The number of hydrogen-bond donors (Lipinski definition) is 0. The van der Waals surface area contributed by atoms with Crippen molar-refractivity contribution >= 4 is 0 Å². The van der Waals surface area contributed by atoms with E-state index in [1.165, 1.54) is 0 Å². The van der Waals surface area contributed by atoms with Crippen molar-refractivity contribution in [2.75, 3.05) is 0 Å². The first kappa shape index (κ1) is 11.6. The molecule has 0 aromatic heterocycles. The van der Waals surface area contributed by atoms with Crippen molar-refractivity contribution in [3.63, 3.8) is 0 Å². The molecule has 0 N–H and O–H groups in total. The zero-order valence-electron chi connectivity index (χ0n) is 9.41.